The van der Waals surface area contributed by atoms with Crippen molar-refractivity contribution in [2.75, 3.05) is 6.61 Å². The predicted molar refractivity (Wildman–Crippen MR) is 86.9 cm³/mol. The number of hydrogen-bond acceptors (Lipinski definition) is 3. The van der Waals surface area contributed by atoms with Gasteiger partial charge in [-0.25, -0.2) is 0 Å². The van der Waals surface area contributed by atoms with Gasteiger partial charge < -0.3 is 15.7 Å². The summed E-state index contributed by atoms with van der Waals surface area (Å²) in [6.07, 6.45) is 1.94. The first-order valence-electron chi connectivity index (χ1n) is 6.65. The molecular formula is C16H17BrN2O2. The average molecular weight is 349 g/mol. The van der Waals surface area contributed by atoms with E-state index in [1.54, 1.807) is 12.1 Å². The number of aryl methyl sites for hydroxylation is 1. The second-order valence-electron chi connectivity index (χ2n) is 4.56. The lowest BCUT2D eigenvalue weighted by atomic mass is 10.1. The van der Waals surface area contributed by atoms with E-state index in [0.717, 1.165) is 23.1 Å². The van der Waals surface area contributed by atoms with Gasteiger partial charge in [-0.05, 0) is 52.5 Å². The van der Waals surface area contributed by atoms with Crippen molar-refractivity contribution < 1.29 is 9.94 Å². The van der Waals surface area contributed by atoms with Crippen molar-refractivity contribution in [2.24, 2.45) is 10.9 Å². The molecule has 0 heterocycles. The van der Waals surface area contributed by atoms with Crippen molar-refractivity contribution in [3.05, 3.63) is 64.1 Å². The van der Waals surface area contributed by atoms with E-state index in [1.807, 2.05) is 24.3 Å². The van der Waals surface area contributed by atoms with E-state index in [4.69, 9.17) is 15.7 Å². The fraction of sp³-hybridized carbons (Fsp3) is 0.188. The van der Waals surface area contributed by atoms with Crippen LogP contribution in [0.3, 0.4) is 0 Å². The molecule has 21 heavy (non-hydrogen) atoms. The topological polar surface area (TPSA) is 67.8 Å². The Morgan fingerprint density at radius 3 is 2.62 bits per heavy atom. The normalized spacial score (nSPS) is 11.4. The summed E-state index contributed by atoms with van der Waals surface area (Å²) in [5.41, 5.74) is 7.50. The Labute approximate surface area is 132 Å². The molecule has 0 spiro atoms. The van der Waals surface area contributed by atoms with Gasteiger partial charge in [0.1, 0.15) is 5.75 Å². The molecule has 0 unspecified atom stereocenters. The molecule has 2 aromatic rings. The van der Waals surface area contributed by atoms with Gasteiger partial charge in [-0.1, -0.05) is 35.5 Å². The summed E-state index contributed by atoms with van der Waals surface area (Å²) in [6.45, 7) is 0.643. The van der Waals surface area contributed by atoms with Crippen LogP contribution in [0.5, 0.6) is 5.75 Å². The van der Waals surface area contributed by atoms with Gasteiger partial charge in [0.15, 0.2) is 5.84 Å². The summed E-state index contributed by atoms with van der Waals surface area (Å²) in [5.74, 6) is 0.821. The largest absolute Gasteiger partial charge is 0.494 e. The minimum atomic E-state index is 0.0671. The number of oxime groups is 1. The van der Waals surface area contributed by atoms with Crippen molar-refractivity contribution >= 4 is 21.8 Å². The number of hydrogen-bond donors (Lipinski definition) is 2. The summed E-state index contributed by atoms with van der Waals surface area (Å²) in [5, 5.41) is 11.7. The van der Waals surface area contributed by atoms with Crippen molar-refractivity contribution in [2.45, 2.75) is 12.8 Å². The zero-order chi connectivity index (χ0) is 15.1. The maximum Gasteiger partial charge on any atom is 0.171 e. The molecule has 0 bridgehead atoms. The number of benzene rings is 2. The maximum atomic E-state index is 8.67. The standard InChI is InChI=1S/C16H17BrN2O2/c17-15-11-13(8-9-14(15)16(18)19-20)21-10-4-7-12-5-2-1-3-6-12/h1-3,5-6,8-9,11,20H,4,7,10H2,(H2,18,19). The highest BCUT2D eigenvalue weighted by atomic mass is 79.9. The van der Waals surface area contributed by atoms with E-state index in [2.05, 4.69) is 33.2 Å². The van der Waals surface area contributed by atoms with Gasteiger partial charge in [0.25, 0.3) is 0 Å². The molecule has 3 N–H and O–H groups in total. The van der Waals surface area contributed by atoms with Gasteiger partial charge in [0, 0.05) is 10.0 Å². The number of ether oxygens (including phenoxy) is 1. The highest BCUT2D eigenvalue weighted by Crippen LogP contribution is 2.23. The van der Waals surface area contributed by atoms with Crippen molar-refractivity contribution in [1.82, 2.24) is 0 Å². The Bertz CT molecular complexity index is 615. The van der Waals surface area contributed by atoms with E-state index < -0.39 is 0 Å². The first-order chi connectivity index (χ1) is 10.2. The average Bonchev–Trinajstić information content (AvgIpc) is 2.52. The highest BCUT2D eigenvalue weighted by Gasteiger charge is 2.06. The lowest BCUT2D eigenvalue weighted by Gasteiger charge is -2.09. The van der Waals surface area contributed by atoms with E-state index in [1.165, 1.54) is 5.56 Å². The zero-order valence-corrected chi connectivity index (χ0v) is 13.1. The lowest BCUT2D eigenvalue weighted by Crippen LogP contribution is -2.13. The molecule has 0 aliphatic heterocycles. The van der Waals surface area contributed by atoms with Crippen LogP contribution in [-0.2, 0) is 6.42 Å². The Morgan fingerprint density at radius 1 is 1.19 bits per heavy atom. The molecule has 5 heteroatoms. The molecule has 0 aliphatic carbocycles. The van der Waals surface area contributed by atoms with Crippen LogP contribution in [0.1, 0.15) is 17.5 Å². The summed E-state index contributed by atoms with van der Waals surface area (Å²) in [6, 6.07) is 15.7. The van der Waals surface area contributed by atoms with Crippen molar-refractivity contribution in [3.8, 4) is 5.75 Å². The Kier molecular flexibility index (Phi) is 5.63. The molecule has 0 aromatic heterocycles. The van der Waals surface area contributed by atoms with Gasteiger partial charge in [-0.15, -0.1) is 0 Å². The van der Waals surface area contributed by atoms with Crippen molar-refractivity contribution in [1.29, 1.82) is 0 Å². The molecular weight excluding hydrogens is 332 g/mol. The molecule has 0 radical (unpaired) electrons. The summed E-state index contributed by atoms with van der Waals surface area (Å²) in [7, 11) is 0. The van der Waals surface area contributed by atoms with E-state index in [-0.39, 0.29) is 5.84 Å². The van der Waals surface area contributed by atoms with E-state index >= 15 is 0 Å². The number of nitrogens with two attached hydrogens (primary N) is 1. The molecule has 0 saturated carbocycles. The first-order valence-corrected chi connectivity index (χ1v) is 7.44. The van der Waals surface area contributed by atoms with Crippen LogP contribution in [0.4, 0.5) is 0 Å². The van der Waals surface area contributed by atoms with Gasteiger partial charge >= 0.3 is 0 Å². The molecule has 0 atom stereocenters. The Morgan fingerprint density at radius 2 is 1.95 bits per heavy atom. The molecule has 2 rings (SSSR count). The molecule has 0 saturated heterocycles. The third kappa shape index (κ3) is 4.49. The molecule has 0 fully saturated rings. The number of nitrogens with zero attached hydrogens (tertiary/aromatic N) is 1. The van der Waals surface area contributed by atoms with E-state index in [0.29, 0.717) is 12.2 Å². The van der Waals surface area contributed by atoms with Crippen molar-refractivity contribution in [3.63, 3.8) is 0 Å². The molecule has 4 nitrogen and oxygen atoms in total. The van der Waals surface area contributed by atoms with Crippen LogP contribution >= 0.6 is 15.9 Å². The SMILES string of the molecule is N/C(=N/O)c1ccc(OCCCc2ccccc2)cc1Br. The highest BCUT2D eigenvalue weighted by molar-refractivity contribution is 9.10. The van der Waals surface area contributed by atoms with Crippen LogP contribution < -0.4 is 10.5 Å². The van der Waals surface area contributed by atoms with Gasteiger partial charge in [0.2, 0.25) is 0 Å². The van der Waals surface area contributed by atoms with Gasteiger partial charge in [-0.3, -0.25) is 0 Å². The summed E-state index contributed by atoms with van der Waals surface area (Å²) in [4.78, 5) is 0. The maximum absolute atomic E-state index is 8.67. The minimum absolute atomic E-state index is 0.0671. The quantitative estimate of drug-likeness (QED) is 0.276. The van der Waals surface area contributed by atoms with Crippen LogP contribution in [0.25, 0.3) is 0 Å². The number of amidine groups is 1. The number of halogens is 1. The molecule has 0 amide bonds. The lowest BCUT2D eigenvalue weighted by molar-refractivity contribution is 0.310. The van der Waals surface area contributed by atoms with Crippen LogP contribution in [0.2, 0.25) is 0 Å². The third-order valence-electron chi connectivity index (χ3n) is 3.05. The Balaban J connectivity index is 1.85. The molecule has 0 aliphatic rings. The monoisotopic (exact) mass is 348 g/mol. The summed E-state index contributed by atoms with van der Waals surface area (Å²) >= 11 is 3.38. The molecule has 2 aromatic carbocycles. The van der Waals surface area contributed by atoms with E-state index in [9.17, 15) is 0 Å². The fourth-order valence-electron chi connectivity index (χ4n) is 1.96. The predicted octanol–water partition coefficient (Wildman–Crippen LogP) is 3.56. The second-order valence-corrected chi connectivity index (χ2v) is 5.42. The first kappa shape index (κ1) is 15.4. The van der Waals surface area contributed by atoms with Gasteiger partial charge in [-0.2, -0.15) is 0 Å². The second kappa shape index (κ2) is 7.69. The summed E-state index contributed by atoms with van der Waals surface area (Å²) < 4.78 is 6.44. The van der Waals surface area contributed by atoms with Crippen LogP contribution in [0.15, 0.2) is 58.2 Å². The fourth-order valence-corrected chi connectivity index (χ4v) is 2.52. The van der Waals surface area contributed by atoms with Gasteiger partial charge in [0.05, 0.1) is 6.61 Å². The minimum Gasteiger partial charge on any atom is -0.494 e. The third-order valence-corrected chi connectivity index (χ3v) is 3.70. The molecule has 110 valence electrons. The zero-order valence-electron chi connectivity index (χ0n) is 11.5. The van der Waals surface area contributed by atoms with Crippen LogP contribution in [0, 0.1) is 0 Å². The van der Waals surface area contributed by atoms with Crippen LogP contribution in [-0.4, -0.2) is 17.6 Å². The Hall–Kier alpha value is -2.01. The smallest absolute Gasteiger partial charge is 0.171 e. The number of rotatable bonds is 6.